The van der Waals surface area contributed by atoms with Crippen molar-refractivity contribution < 1.29 is 38.5 Å². The highest BCUT2D eigenvalue weighted by molar-refractivity contribution is 5.92. The van der Waals surface area contributed by atoms with E-state index in [0.717, 1.165) is 49.0 Å². The first kappa shape index (κ1) is 35.8. The van der Waals surface area contributed by atoms with Crippen molar-refractivity contribution in [1.82, 2.24) is 20.9 Å². The molecular formula is C34H47N5O8. The van der Waals surface area contributed by atoms with E-state index >= 15 is 0 Å². The summed E-state index contributed by atoms with van der Waals surface area (Å²) in [6.45, 7) is 3.68. The number of ether oxygens (including phenoxy) is 3. The number of esters is 1. The van der Waals surface area contributed by atoms with Gasteiger partial charge in [-0.25, -0.2) is 9.59 Å². The van der Waals surface area contributed by atoms with Crippen molar-refractivity contribution in [2.24, 2.45) is 5.73 Å². The third-order valence-corrected chi connectivity index (χ3v) is 8.58. The fourth-order valence-electron chi connectivity index (χ4n) is 5.95. The van der Waals surface area contributed by atoms with Crippen LogP contribution in [0.3, 0.4) is 0 Å². The van der Waals surface area contributed by atoms with Gasteiger partial charge in [-0.2, -0.15) is 0 Å². The molecule has 0 bridgehead atoms. The van der Waals surface area contributed by atoms with Gasteiger partial charge >= 0.3 is 12.1 Å². The maximum atomic E-state index is 13.1. The van der Waals surface area contributed by atoms with E-state index in [1.807, 2.05) is 24.3 Å². The number of hydrogen-bond acceptors (Lipinski definition) is 10. The zero-order chi connectivity index (χ0) is 33.6. The first-order chi connectivity index (χ1) is 22.8. The van der Waals surface area contributed by atoms with Crippen LogP contribution in [0.2, 0.25) is 0 Å². The Kier molecular flexibility index (Phi) is 14.0. The molecular weight excluding hydrogens is 606 g/mol. The number of morpholine rings is 1. The van der Waals surface area contributed by atoms with Gasteiger partial charge in [0.05, 0.1) is 33.0 Å². The molecule has 0 saturated carbocycles. The highest BCUT2D eigenvalue weighted by Crippen LogP contribution is 2.44. The van der Waals surface area contributed by atoms with Crippen LogP contribution in [0.15, 0.2) is 48.5 Å². The van der Waals surface area contributed by atoms with Crippen LogP contribution in [0, 0.1) is 0 Å². The molecule has 0 radical (unpaired) electrons. The van der Waals surface area contributed by atoms with E-state index in [1.54, 1.807) is 0 Å². The Labute approximate surface area is 275 Å². The van der Waals surface area contributed by atoms with Crippen molar-refractivity contribution in [2.45, 2.75) is 56.1 Å². The molecule has 1 fully saturated rings. The van der Waals surface area contributed by atoms with E-state index in [4.69, 9.17) is 15.2 Å². The summed E-state index contributed by atoms with van der Waals surface area (Å²) in [6, 6.07) is 13.1. The Morgan fingerprint density at radius 2 is 1.55 bits per heavy atom. The van der Waals surface area contributed by atoms with Crippen molar-refractivity contribution in [2.75, 3.05) is 59.7 Å². The van der Waals surface area contributed by atoms with Gasteiger partial charge in [-0.3, -0.25) is 14.5 Å². The minimum Gasteiger partial charge on any atom is -0.467 e. The fourth-order valence-corrected chi connectivity index (χ4v) is 5.95. The number of carbonyl (C=O) groups excluding carboxylic acids is 4. The third kappa shape index (κ3) is 10.2. The van der Waals surface area contributed by atoms with Crippen molar-refractivity contribution in [1.29, 1.82) is 0 Å². The third-order valence-electron chi connectivity index (χ3n) is 8.58. The summed E-state index contributed by atoms with van der Waals surface area (Å²) in [4.78, 5) is 52.7. The number of nitrogens with zero attached hydrogens (tertiary/aromatic N) is 1. The molecule has 13 nitrogen and oxygen atoms in total. The van der Waals surface area contributed by atoms with Gasteiger partial charge in [0.1, 0.15) is 12.6 Å². The average molecular weight is 654 g/mol. The summed E-state index contributed by atoms with van der Waals surface area (Å²) >= 11 is 0. The van der Waals surface area contributed by atoms with Crippen molar-refractivity contribution in [3.05, 3.63) is 59.7 Å². The molecule has 13 heteroatoms. The fraction of sp³-hybridized carbons (Fsp3) is 0.529. The van der Waals surface area contributed by atoms with E-state index < -0.39 is 48.6 Å². The summed E-state index contributed by atoms with van der Waals surface area (Å²) in [5.41, 5.74) is 10.7. The van der Waals surface area contributed by atoms with Gasteiger partial charge in [-0.15, -0.1) is 0 Å². The molecule has 2 aliphatic rings. The number of hydrogen-bond donors (Lipinski definition) is 5. The van der Waals surface area contributed by atoms with Crippen LogP contribution in [0.4, 0.5) is 4.79 Å². The smallest absolute Gasteiger partial charge is 0.407 e. The standard InChI is InChI=1S/C34H47N5O8/c1-45-33(43)30(21-40)38-32(42)29(37-31(41)28(35)13-8-16-39-17-19-46-20-18-39)14-6-7-15-36-34(44)47-22-27-25-11-4-2-9-23(25)24-10-3-5-12-26(24)27/h2-5,9-12,27-30,40H,6-8,13-22,35H2,1H3,(H,36,44)(H,37,41)(H,38,42)/t28-,29-,30-/m0/s1. The molecule has 3 amide bonds. The quantitative estimate of drug-likeness (QED) is 0.123. The molecule has 1 aliphatic heterocycles. The van der Waals surface area contributed by atoms with Crippen LogP contribution in [0.5, 0.6) is 0 Å². The molecule has 2 aromatic carbocycles. The first-order valence-corrected chi connectivity index (χ1v) is 16.3. The predicted octanol–water partition coefficient (Wildman–Crippen LogP) is 1.27. The van der Waals surface area contributed by atoms with E-state index in [9.17, 15) is 24.3 Å². The Bertz CT molecular complexity index is 1310. The number of carbonyl (C=O) groups is 4. The summed E-state index contributed by atoms with van der Waals surface area (Å²) in [6.07, 6.45) is 1.77. The highest BCUT2D eigenvalue weighted by atomic mass is 16.5. The molecule has 47 heavy (non-hydrogen) atoms. The molecule has 0 aromatic heterocycles. The molecule has 2 aromatic rings. The lowest BCUT2D eigenvalue weighted by atomic mass is 9.98. The van der Waals surface area contributed by atoms with Gasteiger partial charge in [0.15, 0.2) is 6.04 Å². The second-order valence-electron chi connectivity index (χ2n) is 11.8. The van der Waals surface area contributed by atoms with Crippen molar-refractivity contribution >= 4 is 23.9 Å². The number of unbranched alkanes of at least 4 members (excludes halogenated alkanes) is 1. The number of aliphatic hydroxyl groups is 1. The predicted molar refractivity (Wildman–Crippen MR) is 174 cm³/mol. The Morgan fingerprint density at radius 3 is 2.19 bits per heavy atom. The number of benzene rings is 2. The van der Waals surface area contributed by atoms with Gasteiger partial charge in [0.2, 0.25) is 11.8 Å². The summed E-state index contributed by atoms with van der Waals surface area (Å²) in [7, 11) is 1.15. The lowest BCUT2D eigenvalue weighted by Gasteiger charge is -2.27. The lowest BCUT2D eigenvalue weighted by Crippen LogP contribution is -2.55. The summed E-state index contributed by atoms with van der Waals surface area (Å²) in [5.74, 6) is -1.98. The molecule has 1 saturated heterocycles. The number of fused-ring (bicyclic) bond motifs is 3. The Balaban J connectivity index is 1.23. The van der Waals surface area contributed by atoms with Crippen LogP contribution in [0.1, 0.15) is 49.1 Å². The van der Waals surface area contributed by atoms with E-state index in [-0.39, 0.29) is 18.9 Å². The van der Waals surface area contributed by atoms with Gasteiger partial charge in [0.25, 0.3) is 0 Å². The van der Waals surface area contributed by atoms with Crippen LogP contribution >= 0.6 is 0 Å². The maximum Gasteiger partial charge on any atom is 0.407 e. The van der Waals surface area contributed by atoms with E-state index in [2.05, 4.69) is 49.9 Å². The largest absolute Gasteiger partial charge is 0.467 e. The van der Waals surface area contributed by atoms with Crippen LogP contribution in [-0.2, 0) is 28.6 Å². The van der Waals surface area contributed by atoms with Crippen molar-refractivity contribution in [3.63, 3.8) is 0 Å². The van der Waals surface area contributed by atoms with Crippen LogP contribution in [-0.4, -0.2) is 112 Å². The SMILES string of the molecule is COC(=O)[C@H](CO)NC(=O)[C@H](CCCCNC(=O)OCC1c2ccccc2-c2ccccc21)NC(=O)[C@@H](N)CCCN1CCOCC1. The van der Waals surface area contributed by atoms with E-state index in [1.165, 1.54) is 0 Å². The first-order valence-electron chi connectivity index (χ1n) is 16.3. The second kappa shape index (κ2) is 18.3. The molecule has 4 rings (SSSR count). The summed E-state index contributed by atoms with van der Waals surface area (Å²) in [5, 5.41) is 17.5. The summed E-state index contributed by atoms with van der Waals surface area (Å²) < 4.78 is 15.6. The average Bonchev–Trinajstić information content (AvgIpc) is 3.42. The van der Waals surface area contributed by atoms with Gasteiger partial charge < -0.3 is 41.0 Å². The molecule has 0 unspecified atom stereocenters. The zero-order valence-electron chi connectivity index (χ0n) is 27.0. The number of aliphatic hydroxyl groups excluding tert-OH is 1. The highest BCUT2D eigenvalue weighted by Gasteiger charge is 2.30. The number of rotatable bonds is 17. The number of methoxy groups -OCH3 is 1. The lowest BCUT2D eigenvalue weighted by molar-refractivity contribution is -0.146. The number of amides is 3. The monoisotopic (exact) mass is 653 g/mol. The molecule has 3 atom stereocenters. The second-order valence-corrected chi connectivity index (χ2v) is 11.8. The number of nitrogens with two attached hydrogens (primary N) is 1. The number of nitrogens with one attached hydrogen (secondary N) is 3. The van der Waals surface area contributed by atoms with Gasteiger partial charge in [0, 0.05) is 25.6 Å². The molecule has 256 valence electrons. The van der Waals surface area contributed by atoms with Gasteiger partial charge in [-0.05, 0) is 60.9 Å². The maximum absolute atomic E-state index is 13.1. The normalized spacial score (nSPS) is 16.2. The Hall–Kier alpha value is -4.04. The molecule has 1 aliphatic carbocycles. The molecule has 6 N–H and O–H groups in total. The topological polar surface area (TPSA) is 182 Å². The molecule has 0 spiro atoms. The minimum absolute atomic E-state index is 0.0468. The van der Waals surface area contributed by atoms with Gasteiger partial charge in [-0.1, -0.05) is 48.5 Å². The van der Waals surface area contributed by atoms with Crippen molar-refractivity contribution in [3.8, 4) is 11.1 Å². The Morgan fingerprint density at radius 1 is 0.915 bits per heavy atom. The van der Waals surface area contributed by atoms with Crippen LogP contribution in [0.25, 0.3) is 11.1 Å². The minimum atomic E-state index is -1.27. The zero-order valence-corrected chi connectivity index (χ0v) is 27.0. The van der Waals surface area contributed by atoms with Crippen LogP contribution < -0.4 is 21.7 Å². The molecule has 1 heterocycles. The number of alkyl carbamates (subject to hydrolysis) is 1. The van der Waals surface area contributed by atoms with E-state index in [0.29, 0.717) is 45.4 Å².